The largest absolute Gasteiger partial charge is 0.240 e. The molecule has 0 bridgehead atoms. The molecule has 4 heteroatoms. The minimum atomic E-state index is -0.0973. The molecule has 0 aliphatic heterocycles. The predicted octanol–water partition coefficient (Wildman–Crippen LogP) is 5.42. The van der Waals surface area contributed by atoms with Crippen LogP contribution >= 0.6 is 23.2 Å². The van der Waals surface area contributed by atoms with Crippen molar-refractivity contribution in [1.82, 2.24) is 9.97 Å². The Kier molecular flexibility index (Phi) is 7.60. The van der Waals surface area contributed by atoms with Crippen LogP contribution < -0.4 is 0 Å². The Hall–Kier alpha value is -0.340. The fourth-order valence-electron chi connectivity index (χ4n) is 1.76. The number of nitrogens with zero attached hydrogens (tertiary/aromatic N) is 2. The molecule has 0 N–H and O–H groups in total. The molecule has 0 spiro atoms. The quantitative estimate of drug-likeness (QED) is 0.597. The Morgan fingerprint density at radius 1 is 1.06 bits per heavy atom. The molecular weight excluding hydrogens is 267 g/mol. The standard InChI is InChI=1S/C14H22Cl2N2/c1-3-5-7-11(15)13-9-10-17-14(18-13)12(16)8-6-4-2/h9-12H,3-8H2,1-2H3. The van der Waals surface area contributed by atoms with Gasteiger partial charge in [0, 0.05) is 6.20 Å². The van der Waals surface area contributed by atoms with Crippen LogP contribution in [-0.4, -0.2) is 9.97 Å². The fraction of sp³-hybridized carbons (Fsp3) is 0.714. The number of rotatable bonds is 8. The number of halogens is 2. The van der Waals surface area contributed by atoms with Gasteiger partial charge < -0.3 is 0 Å². The molecule has 102 valence electrons. The van der Waals surface area contributed by atoms with E-state index >= 15 is 0 Å². The lowest BCUT2D eigenvalue weighted by atomic mass is 10.1. The molecule has 1 heterocycles. The number of aromatic nitrogens is 2. The van der Waals surface area contributed by atoms with Crippen molar-refractivity contribution in [2.75, 3.05) is 0 Å². The predicted molar refractivity (Wildman–Crippen MR) is 78.3 cm³/mol. The first-order valence-corrected chi connectivity index (χ1v) is 7.67. The summed E-state index contributed by atoms with van der Waals surface area (Å²) in [6.07, 6.45) is 8.14. The van der Waals surface area contributed by atoms with Gasteiger partial charge in [-0.05, 0) is 18.9 Å². The minimum absolute atomic E-state index is 0.0262. The van der Waals surface area contributed by atoms with E-state index in [0.717, 1.165) is 44.2 Å². The number of alkyl halides is 2. The van der Waals surface area contributed by atoms with E-state index in [9.17, 15) is 0 Å². The molecule has 1 rings (SSSR count). The summed E-state index contributed by atoms with van der Waals surface area (Å²) in [7, 11) is 0. The SMILES string of the molecule is CCCCC(Cl)c1ccnc(C(Cl)CCCC)n1. The van der Waals surface area contributed by atoms with Gasteiger partial charge in [0.25, 0.3) is 0 Å². The molecule has 0 aromatic carbocycles. The molecule has 0 aliphatic carbocycles. The van der Waals surface area contributed by atoms with Gasteiger partial charge in [-0.1, -0.05) is 39.5 Å². The van der Waals surface area contributed by atoms with Crippen LogP contribution in [-0.2, 0) is 0 Å². The third kappa shape index (κ3) is 5.11. The molecule has 0 amide bonds. The van der Waals surface area contributed by atoms with Gasteiger partial charge in [-0.15, -0.1) is 23.2 Å². The van der Waals surface area contributed by atoms with Crippen LogP contribution in [0.25, 0.3) is 0 Å². The van der Waals surface area contributed by atoms with Crippen LogP contribution in [0, 0.1) is 0 Å². The van der Waals surface area contributed by atoms with Crippen LogP contribution in [0.4, 0.5) is 0 Å². The average molecular weight is 289 g/mol. The molecule has 1 aromatic heterocycles. The second kappa shape index (κ2) is 8.71. The summed E-state index contributed by atoms with van der Waals surface area (Å²) in [5.74, 6) is 0.713. The highest BCUT2D eigenvalue weighted by Gasteiger charge is 2.14. The molecule has 2 nitrogen and oxygen atoms in total. The van der Waals surface area contributed by atoms with Crippen LogP contribution in [0.3, 0.4) is 0 Å². The first-order valence-electron chi connectivity index (χ1n) is 6.80. The summed E-state index contributed by atoms with van der Waals surface area (Å²) in [5.41, 5.74) is 0.900. The highest BCUT2D eigenvalue weighted by molar-refractivity contribution is 6.21. The monoisotopic (exact) mass is 288 g/mol. The number of hydrogen-bond acceptors (Lipinski definition) is 2. The summed E-state index contributed by atoms with van der Waals surface area (Å²) in [6, 6.07) is 1.89. The van der Waals surface area contributed by atoms with E-state index in [2.05, 4.69) is 23.8 Å². The minimum Gasteiger partial charge on any atom is -0.240 e. The maximum absolute atomic E-state index is 6.33. The average Bonchev–Trinajstić information content (AvgIpc) is 2.42. The zero-order valence-corrected chi connectivity index (χ0v) is 12.7. The van der Waals surface area contributed by atoms with Crippen LogP contribution in [0.5, 0.6) is 0 Å². The second-order valence-electron chi connectivity index (χ2n) is 4.56. The maximum Gasteiger partial charge on any atom is 0.146 e. The molecule has 0 saturated carbocycles. The third-order valence-corrected chi connectivity index (χ3v) is 3.77. The molecule has 2 atom stereocenters. The maximum atomic E-state index is 6.33. The molecule has 1 aromatic rings. The fourth-order valence-corrected chi connectivity index (χ4v) is 2.29. The zero-order valence-electron chi connectivity index (χ0n) is 11.2. The lowest BCUT2D eigenvalue weighted by Gasteiger charge is -2.12. The van der Waals surface area contributed by atoms with Crippen molar-refractivity contribution in [2.24, 2.45) is 0 Å². The van der Waals surface area contributed by atoms with Crippen molar-refractivity contribution in [3.63, 3.8) is 0 Å². The molecule has 0 saturated heterocycles. The Morgan fingerprint density at radius 2 is 1.67 bits per heavy atom. The van der Waals surface area contributed by atoms with E-state index in [0.29, 0.717) is 5.82 Å². The van der Waals surface area contributed by atoms with Gasteiger partial charge in [-0.2, -0.15) is 0 Å². The third-order valence-electron chi connectivity index (χ3n) is 2.92. The smallest absolute Gasteiger partial charge is 0.146 e. The van der Waals surface area contributed by atoms with E-state index in [4.69, 9.17) is 23.2 Å². The van der Waals surface area contributed by atoms with Crippen molar-refractivity contribution in [3.05, 3.63) is 23.8 Å². The highest BCUT2D eigenvalue weighted by atomic mass is 35.5. The van der Waals surface area contributed by atoms with Gasteiger partial charge in [-0.25, -0.2) is 9.97 Å². The van der Waals surface area contributed by atoms with Gasteiger partial charge in [0.05, 0.1) is 16.4 Å². The number of hydrogen-bond donors (Lipinski definition) is 0. The lowest BCUT2D eigenvalue weighted by Crippen LogP contribution is -2.03. The zero-order chi connectivity index (χ0) is 13.4. The van der Waals surface area contributed by atoms with E-state index in [-0.39, 0.29) is 10.8 Å². The van der Waals surface area contributed by atoms with Crippen molar-refractivity contribution in [1.29, 1.82) is 0 Å². The first-order chi connectivity index (χ1) is 8.69. The molecule has 2 unspecified atom stereocenters. The van der Waals surface area contributed by atoms with E-state index in [1.165, 1.54) is 0 Å². The molecule has 0 fully saturated rings. The van der Waals surface area contributed by atoms with Gasteiger partial charge in [-0.3, -0.25) is 0 Å². The van der Waals surface area contributed by atoms with E-state index in [1.807, 2.05) is 6.07 Å². The Bertz CT molecular complexity index is 315. The second-order valence-corrected chi connectivity index (χ2v) is 5.61. The highest BCUT2D eigenvalue weighted by Crippen LogP contribution is 2.27. The van der Waals surface area contributed by atoms with Crippen LogP contribution in [0.15, 0.2) is 12.3 Å². The van der Waals surface area contributed by atoms with Crippen LogP contribution in [0.2, 0.25) is 0 Å². The number of unbranched alkanes of at least 4 members (excludes halogenated alkanes) is 2. The lowest BCUT2D eigenvalue weighted by molar-refractivity contribution is 0.655. The molecule has 18 heavy (non-hydrogen) atoms. The normalized spacial score (nSPS) is 14.4. The van der Waals surface area contributed by atoms with Gasteiger partial charge in [0.15, 0.2) is 0 Å². The van der Waals surface area contributed by atoms with Gasteiger partial charge >= 0.3 is 0 Å². The summed E-state index contributed by atoms with van der Waals surface area (Å²) >= 11 is 12.6. The summed E-state index contributed by atoms with van der Waals surface area (Å²) in [5, 5.41) is -0.123. The van der Waals surface area contributed by atoms with Crippen LogP contribution in [0.1, 0.15) is 74.6 Å². The molecule has 0 radical (unpaired) electrons. The Morgan fingerprint density at radius 3 is 2.28 bits per heavy atom. The molecular formula is C14H22Cl2N2. The Balaban J connectivity index is 2.66. The van der Waals surface area contributed by atoms with E-state index < -0.39 is 0 Å². The molecule has 0 aliphatic rings. The van der Waals surface area contributed by atoms with Crippen molar-refractivity contribution < 1.29 is 0 Å². The van der Waals surface area contributed by atoms with E-state index in [1.54, 1.807) is 6.20 Å². The summed E-state index contributed by atoms with van der Waals surface area (Å²) in [6.45, 7) is 4.31. The van der Waals surface area contributed by atoms with Gasteiger partial charge in [0.2, 0.25) is 0 Å². The van der Waals surface area contributed by atoms with Gasteiger partial charge in [0.1, 0.15) is 5.82 Å². The summed E-state index contributed by atoms with van der Waals surface area (Å²) < 4.78 is 0. The van der Waals surface area contributed by atoms with Crippen molar-refractivity contribution in [2.45, 2.75) is 63.1 Å². The Labute approximate surface area is 120 Å². The van der Waals surface area contributed by atoms with Crippen molar-refractivity contribution >= 4 is 23.2 Å². The summed E-state index contributed by atoms with van der Waals surface area (Å²) in [4.78, 5) is 8.76. The topological polar surface area (TPSA) is 25.8 Å². The van der Waals surface area contributed by atoms with Crippen molar-refractivity contribution in [3.8, 4) is 0 Å². The first kappa shape index (κ1) is 15.7.